The first-order chi connectivity index (χ1) is 12.0. The van der Waals surface area contributed by atoms with Gasteiger partial charge in [0, 0.05) is 6.04 Å². The number of sulfone groups is 1. The quantitative estimate of drug-likeness (QED) is 0.699. The van der Waals surface area contributed by atoms with Crippen molar-refractivity contribution in [1.29, 1.82) is 0 Å². The first kappa shape index (κ1) is 19.2. The van der Waals surface area contributed by atoms with Crippen molar-refractivity contribution in [1.82, 2.24) is 4.31 Å². The molecule has 1 aromatic carbocycles. The molecule has 0 amide bonds. The van der Waals surface area contributed by atoms with Crippen molar-refractivity contribution in [3.05, 3.63) is 29.3 Å². The predicted octanol–water partition coefficient (Wildman–Crippen LogP) is 1.60. The van der Waals surface area contributed by atoms with Crippen LogP contribution in [0, 0.1) is 17.6 Å². The highest BCUT2D eigenvalue weighted by molar-refractivity contribution is 7.93. The lowest BCUT2D eigenvalue weighted by Gasteiger charge is -2.22. The fraction of sp³-hybridized carbons (Fsp3) is 0.533. The fourth-order valence-corrected chi connectivity index (χ4v) is 6.90. The van der Waals surface area contributed by atoms with Gasteiger partial charge in [-0.3, -0.25) is 0 Å². The van der Waals surface area contributed by atoms with Crippen molar-refractivity contribution < 1.29 is 35.5 Å². The molecule has 2 fully saturated rings. The van der Waals surface area contributed by atoms with Crippen LogP contribution in [0.2, 0.25) is 0 Å². The van der Waals surface area contributed by atoms with Crippen molar-refractivity contribution in [2.45, 2.75) is 36.6 Å². The molecule has 2 saturated carbocycles. The van der Waals surface area contributed by atoms with E-state index in [2.05, 4.69) is 0 Å². The summed E-state index contributed by atoms with van der Waals surface area (Å²) >= 11 is 0. The Hall–Kier alpha value is -1.59. The van der Waals surface area contributed by atoms with Crippen molar-refractivity contribution in [2.24, 2.45) is 5.92 Å². The molecule has 2 aliphatic carbocycles. The molecule has 0 unspecified atom stereocenters. The van der Waals surface area contributed by atoms with Crippen LogP contribution in [-0.4, -0.2) is 49.9 Å². The van der Waals surface area contributed by atoms with E-state index in [4.69, 9.17) is 5.11 Å². The van der Waals surface area contributed by atoms with Gasteiger partial charge in [-0.05, 0) is 43.7 Å². The number of nitrogens with zero attached hydrogens (tertiary/aromatic N) is 1. The molecule has 11 heteroatoms. The molecule has 0 spiro atoms. The lowest BCUT2D eigenvalue weighted by Crippen LogP contribution is -2.39. The summed E-state index contributed by atoms with van der Waals surface area (Å²) in [4.78, 5) is 9.97. The van der Waals surface area contributed by atoms with Crippen LogP contribution in [-0.2, 0) is 19.9 Å². The van der Waals surface area contributed by atoms with Crippen molar-refractivity contribution >= 4 is 25.8 Å². The standard InChI is InChI=1S/C15H17F2NO6S2/c16-11-5-6-12(14(17)13(11)15(19)20)26(23,24)18(10-3-4-10)8-25(21,22)7-9-1-2-9/h5-6,9-10H,1-4,7-8H2,(H,19,20). The van der Waals surface area contributed by atoms with Crippen LogP contribution >= 0.6 is 0 Å². The Bertz CT molecular complexity index is 953. The van der Waals surface area contributed by atoms with Crippen molar-refractivity contribution in [3.63, 3.8) is 0 Å². The van der Waals surface area contributed by atoms with E-state index in [0.717, 1.165) is 12.8 Å². The van der Waals surface area contributed by atoms with Gasteiger partial charge in [-0.25, -0.2) is 30.4 Å². The minimum Gasteiger partial charge on any atom is -0.477 e. The van der Waals surface area contributed by atoms with Gasteiger partial charge >= 0.3 is 5.97 Å². The van der Waals surface area contributed by atoms with Crippen molar-refractivity contribution in [2.75, 3.05) is 11.6 Å². The minimum absolute atomic E-state index is 0.0185. The number of sulfonamides is 1. The fourth-order valence-electron chi connectivity index (χ4n) is 2.68. The molecular weight excluding hydrogens is 392 g/mol. The van der Waals surface area contributed by atoms with Crippen LogP contribution in [0.3, 0.4) is 0 Å². The summed E-state index contributed by atoms with van der Waals surface area (Å²) in [6.07, 6.45) is 2.38. The smallest absolute Gasteiger partial charge is 0.341 e. The van der Waals surface area contributed by atoms with Crippen molar-refractivity contribution in [3.8, 4) is 0 Å². The monoisotopic (exact) mass is 409 g/mol. The number of halogens is 2. The molecule has 0 bridgehead atoms. The number of hydrogen-bond acceptors (Lipinski definition) is 5. The summed E-state index contributed by atoms with van der Waals surface area (Å²) in [6, 6.07) is 0.574. The number of aromatic carboxylic acids is 1. The third kappa shape index (κ3) is 3.89. The van der Waals surface area contributed by atoms with E-state index in [9.17, 15) is 30.4 Å². The molecule has 1 aromatic rings. The maximum Gasteiger partial charge on any atom is 0.341 e. The number of rotatable bonds is 8. The van der Waals surface area contributed by atoms with Gasteiger partial charge < -0.3 is 5.11 Å². The number of benzene rings is 1. The Labute approximate surface area is 149 Å². The van der Waals surface area contributed by atoms with Crippen LogP contribution in [0.1, 0.15) is 36.0 Å². The second-order valence-corrected chi connectivity index (χ2v) is 10.6. The Morgan fingerprint density at radius 2 is 1.73 bits per heavy atom. The lowest BCUT2D eigenvalue weighted by molar-refractivity contribution is 0.0685. The number of carbonyl (C=O) groups is 1. The van der Waals surface area contributed by atoms with E-state index < -0.39 is 59.8 Å². The summed E-state index contributed by atoms with van der Waals surface area (Å²) < 4.78 is 78.8. The highest BCUT2D eigenvalue weighted by Crippen LogP contribution is 2.36. The van der Waals surface area contributed by atoms with Crippen LogP contribution in [0.5, 0.6) is 0 Å². The molecule has 3 rings (SSSR count). The zero-order chi connectivity index (χ0) is 19.3. The summed E-state index contributed by atoms with van der Waals surface area (Å²) in [5.74, 6) is -6.01. The van der Waals surface area contributed by atoms with Crippen LogP contribution in [0.25, 0.3) is 0 Å². The zero-order valence-electron chi connectivity index (χ0n) is 13.6. The van der Waals surface area contributed by atoms with Gasteiger partial charge in [0.15, 0.2) is 15.7 Å². The number of carboxylic acids is 1. The zero-order valence-corrected chi connectivity index (χ0v) is 15.2. The van der Waals surface area contributed by atoms with E-state index in [0.29, 0.717) is 29.3 Å². The normalized spacial score (nSPS) is 18.3. The number of carboxylic acid groups (broad SMARTS) is 1. The first-order valence-corrected chi connectivity index (χ1v) is 11.2. The highest BCUT2D eigenvalue weighted by Gasteiger charge is 2.43. The highest BCUT2D eigenvalue weighted by atomic mass is 32.2. The van der Waals surface area contributed by atoms with E-state index >= 15 is 0 Å². The van der Waals surface area contributed by atoms with Gasteiger partial charge in [0.05, 0.1) is 5.75 Å². The van der Waals surface area contributed by atoms with E-state index in [1.54, 1.807) is 0 Å². The largest absolute Gasteiger partial charge is 0.477 e. The molecule has 0 saturated heterocycles. The molecule has 7 nitrogen and oxygen atoms in total. The Balaban J connectivity index is 1.99. The maximum absolute atomic E-state index is 14.4. The summed E-state index contributed by atoms with van der Waals surface area (Å²) in [5.41, 5.74) is -1.39. The Morgan fingerprint density at radius 3 is 2.23 bits per heavy atom. The van der Waals surface area contributed by atoms with Crippen LogP contribution in [0.4, 0.5) is 8.78 Å². The molecule has 26 heavy (non-hydrogen) atoms. The van der Waals surface area contributed by atoms with Gasteiger partial charge in [-0.1, -0.05) is 0 Å². The SMILES string of the molecule is O=C(O)c1c(F)ccc(S(=O)(=O)N(CS(=O)(=O)CC2CC2)C2CC2)c1F. The molecule has 0 radical (unpaired) electrons. The van der Waals surface area contributed by atoms with Crippen LogP contribution in [0.15, 0.2) is 17.0 Å². The molecule has 0 atom stereocenters. The summed E-state index contributed by atoms with van der Waals surface area (Å²) in [5, 5.41) is 8.90. The predicted molar refractivity (Wildman–Crippen MR) is 86.7 cm³/mol. The third-order valence-electron chi connectivity index (χ3n) is 4.32. The van der Waals surface area contributed by atoms with Gasteiger partial charge in [-0.15, -0.1) is 0 Å². The van der Waals surface area contributed by atoms with Crippen LogP contribution < -0.4 is 0 Å². The molecule has 0 heterocycles. The molecule has 1 N–H and O–H groups in total. The minimum atomic E-state index is -4.64. The Morgan fingerprint density at radius 1 is 1.12 bits per heavy atom. The summed E-state index contributed by atoms with van der Waals surface area (Å²) in [6.45, 7) is 0. The van der Waals surface area contributed by atoms with Gasteiger partial charge in [0.1, 0.15) is 22.2 Å². The third-order valence-corrected chi connectivity index (χ3v) is 8.05. The van der Waals surface area contributed by atoms with E-state index in [-0.39, 0.29) is 11.7 Å². The lowest BCUT2D eigenvalue weighted by atomic mass is 10.2. The molecule has 144 valence electrons. The second-order valence-electron chi connectivity index (χ2n) is 6.65. The number of hydrogen-bond donors (Lipinski definition) is 1. The molecule has 2 aliphatic rings. The van der Waals surface area contributed by atoms with E-state index in [1.165, 1.54) is 0 Å². The van der Waals surface area contributed by atoms with Gasteiger partial charge in [0.2, 0.25) is 10.0 Å². The van der Waals surface area contributed by atoms with E-state index in [1.807, 2.05) is 0 Å². The Kier molecular flexibility index (Phi) is 4.82. The molecular formula is C15H17F2NO6S2. The molecule has 0 aliphatic heterocycles. The van der Waals surface area contributed by atoms with Gasteiger partial charge in [-0.2, -0.15) is 4.31 Å². The second kappa shape index (κ2) is 6.54. The molecule has 0 aromatic heterocycles. The average Bonchev–Trinajstić information content (AvgIpc) is 3.38. The summed E-state index contributed by atoms with van der Waals surface area (Å²) in [7, 11) is -8.37. The van der Waals surface area contributed by atoms with Gasteiger partial charge in [0.25, 0.3) is 0 Å². The topological polar surface area (TPSA) is 109 Å². The first-order valence-electron chi connectivity index (χ1n) is 7.96. The maximum atomic E-state index is 14.4. The average molecular weight is 409 g/mol.